The van der Waals surface area contributed by atoms with Crippen LogP contribution >= 0.6 is 11.8 Å². The summed E-state index contributed by atoms with van der Waals surface area (Å²) >= 11 is 1.83. The molecule has 0 spiro atoms. The summed E-state index contributed by atoms with van der Waals surface area (Å²) in [5.74, 6) is 1.13. The van der Waals surface area contributed by atoms with Crippen molar-refractivity contribution in [1.82, 2.24) is 9.88 Å². The van der Waals surface area contributed by atoms with E-state index in [0.29, 0.717) is 6.01 Å². The van der Waals surface area contributed by atoms with Crippen molar-refractivity contribution >= 4 is 40.5 Å². The zero-order chi connectivity index (χ0) is 19.8. The smallest absolute Gasteiger partial charge is 0.298 e. The average molecular weight is 409 g/mol. The van der Waals surface area contributed by atoms with Gasteiger partial charge in [0.05, 0.1) is 11.7 Å². The Balaban J connectivity index is 1.25. The summed E-state index contributed by atoms with van der Waals surface area (Å²) in [5.41, 5.74) is 2.75. The molecule has 1 saturated heterocycles. The molecule has 3 aromatic rings. The number of rotatable bonds is 3. The molecule has 0 radical (unpaired) electrons. The number of oxazole rings is 1. The van der Waals surface area contributed by atoms with Crippen molar-refractivity contribution in [3.05, 3.63) is 48.5 Å². The molecule has 3 heterocycles. The van der Waals surface area contributed by atoms with Crippen LogP contribution < -0.4 is 9.80 Å². The summed E-state index contributed by atoms with van der Waals surface area (Å²) in [5, 5.41) is 0. The summed E-state index contributed by atoms with van der Waals surface area (Å²) < 4.78 is 5.90. The van der Waals surface area contributed by atoms with E-state index in [4.69, 9.17) is 4.42 Å². The van der Waals surface area contributed by atoms with Crippen LogP contribution in [0, 0.1) is 0 Å². The molecule has 0 bridgehead atoms. The van der Waals surface area contributed by atoms with E-state index >= 15 is 0 Å². The number of carbonyl (C=O) groups excluding carboxylic acids is 1. The van der Waals surface area contributed by atoms with Gasteiger partial charge in [-0.1, -0.05) is 24.3 Å². The molecule has 1 amide bonds. The number of benzene rings is 2. The van der Waals surface area contributed by atoms with Gasteiger partial charge in [0.25, 0.3) is 6.01 Å². The maximum Gasteiger partial charge on any atom is 0.298 e. The summed E-state index contributed by atoms with van der Waals surface area (Å²) in [7, 11) is 0. The largest absolute Gasteiger partial charge is 0.423 e. The van der Waals surface area contributed by atoms with Crippen molar-refractivity contribution in [1.29, 1.82) is 0 Å². The number of fused-ring (bicyclic) bond motifs is 2. The van der Waals surface area contributed by atoms with Crippen LogP contribution in [-0.4, -0.2) is 60.3 Å². The van der Waals surface area contributed by atoms with Gasteiger partial charge in [-0.2, -0.15) is 4.98 Å². The van der Waals surface area contributed by atoms with Gasteiger partial charge < -0.3 is 14.2 Å². The van der Waals surface area contributed by atoms with E-state index in [9.17, 15) is 4.79 Å². The molecule has 1 atom stereocenters. The standard InChI is InChI=1S/C22H24N4O2S/c1-16(21(27)26-14-15-29-20-9-5-3-7-18(20)26)24-10-12-25(13-11-24)22-23-17-6-2-4-8-19(17)28-22/h2-9,16H,10-15H2,1H3. The minimum atomic E-state index is -0.142. The SMILES string of the molecule is CC(C(=O)N1CCSc2ccccc21)N1CCN(c2nc3ccccc3o2)CC1. The van der Waals surface area contributed by atoms with Gasteiger partial charge in [0.15, 0.2) is 5.58 Å². The number of piperazine rings is 1. The molecule has 2 aliphatic heterocycles. The molecule has 7 heteroatoms. The summed E-state index contributed by atoms with van der Waals surface area (Å²) in [6, 6.07) is 16.6. The fourth-order valence-electron chi connectivity index (χ4n) is 4.08. The van der Waals surface area contributed by atoms with Crippen LogP contribution in [0.5, 0.6) is 0 Å². The maximum atomic E-state index is 13.3. The zero-order valence-electron chi connectivity index (χ0n) is 16.5. The molecule has 2 aliphatic rings. The van der Waals surface area contributed by atoms with Gasteiger partial charge in [0, 0.05) is 43.4 Å². The first-order valence-corrected chi connectivity index (χ1v) is 11.1. The number of thioether (sulfide) groups is 1. The Morgan fingerprint density at radius 1 is 1.03 bits per heavy atom. The van der Waals surface area contributed by atoms with E-state index in [1.807, 2.05) is 60.0 Å². The number of nitrogens with zero attached hydrogens (tertiary/aromatic N) is 4. The van der Waals surface area contributed by atoms with E-state index in [1.54, 1.807) is 0 Å². The number of anilines is 2. The molecule has 0 saturated carbocycles. The Hall–Kier alpha value is -2.51. The van der Waals surface area contributed by atoms with Gasteiger partial charge in [-0.15, -0.1) is 11.8 Å². The highest BCUT2D eigenvalue weighted by atomic mass is 32.2. The predicted octanol–water partition coefficient (Wildman–Crippen LogP) is 3.48. The van der Waals surface area contributed by atoms with Crippen LogP contribution in [0.4, 0.5) is 11.7 Å². The van der Waals surface area contributed by atoms with E-state index < -0.39 is 0 Å². The number of amides is 1. The zero-order valence-corrected chi connectivity index (χ0v) is 17.3. The number of aromatic nitrogens is 1. The lowest BCUT2D eigenvalue weighted by atomic mass is 10.2. The molecule has 150 valence electrons. The fourth-order valence-corrected chi connectivity index (χ4v) is 5.07. The molecule has 5 rings (SSSR count). The molecular formula is C22H24N4O2S. The van der Waals surface area contributed by atoms with Crippen LogP contribution in [0.2, 0.25) is 0 Å². The highest BCUT2D eigenvalue weighted by molar-refractivity contribution is 7.99. The van der Waals surface area contributed by atoms with Gasteiger partial charge in [-0.3, -0.25) is 9.69 Å². The number of hydrogen-bond acceptors (Lipinski definition) is 6. The van der Waals surface area contributed by atoms with Crippen molar-refractivity contribution < 1.29 is 9.21 Å². The lowest BCUT2D eigenvalue weighted by molar-refractivity contribution is -0.123. The number of para-hydroxylation sites is 3. The van der Waals surface area contributed by atoms with Crippen LogP contribution in [0.3, 0.4) is 0 Å². The third kappa shape index (κ3) is 3.49. The number of carbonyl (C=O) groups is 1. The van der Waals surface area contributed by atoms with Crippen LogP contribution in [0.1, 0.15) is 6.92 Å². The lowest BCUT2D eigenvalue weighted by Crippen LogP contribution is -2.55. The fraction of sp³-hybridized carbons (Fsp3) is 0.364. The molecule has 29 heavy (non-hydrogen) atoms. The Morgan fingerprint density at radius 2 is 1.79 bits per heavy atom. The van der Waals surface area contributed by atoms with Crippen LogP contribution in [0.25, 0.3) is 11.1 Å². The minimum absolute atomic E-state index is 0.142. The highest BCUT2D eigenvalue weighted by Gasteiger charge is 2.32. The first-order chi connectivity index (χ1) is 14.2. The van der Waals surface area contributed by atoms with Crippen LogP contribution in [-0.2, 0) is 4.79 Å². The maximum absolute atomic E-state index is 13.3. The van der Waals surface area contributed by atoms with Crippen LogP contribution in [0.15, 0.2) is 57.8 Å². The van der Waals surface area contributed by atoms with Gasteiger partial charge in [-0.25, -0.2) is 0 Å². The second-order valence-electron chi connectivity index (χ2n) is 7.47. The minimum Gasteiger partial charge on any atom is -0.423 e. The first kappa shape index (κ1) is 18.5. The third-order valence-electron chi connectivity index (χ3n) is 5.77. The molecule has 0 aliphatic carbocycles. The van der Waals surface area contributed by atoms with Gasteiger partial charge in [-0.05, 0) is 31.2 Å². The number of hydrogen-bond donors (Lipinski definition) is 0. The summed E-state index contributed by atoms with van der Waals surface area (Å²) in [6.07, 6.45) is 0. The molecule has 2 aromatic carbocycles. The summed E-state index contributed by atoms with van der Waals surface area (Å²) in [6.45, 7) is 6.04. The van der Waals surface area contributed by atoms with Gasteiger partial charge in [0.1, 0.15) is 5.52 Å². The van der Waals surface area contributed by atoms with E-state index in [-0.39, 0.29) is 11.9 Å². The molecular weight excluding hydrogens is 384 g/mol. The quantitative estimate of drug-likeness (QED) is 0.661. The molecule has 6 nitrogen and oxygen atoms in total. The van der Waals surface area contributed by atoms with Crippen molar-refractivity contribution in [2.75, 3.05) is 48.3 Å². The monoisotopic (exact) mass is 408 g/mol. The lowest BCUT2D eigenvalue weighted by Gasteiger charge is -2.39. The molecule has 1 aromatic heterocycles. The Bertz CT molecular complexity index is 995. The van der Waals surface area contributed by atoms with E-state index in [2.05, 4.69) is 26.9 Å². The Labute approximate surface area is 174 Å². The second kappa shape index (κ2) is 7.72. The van der Waals surface area contributed by atoms with E-state index in [0.717, 1.165) is 55.3 Å². The molecule has 1 unspecified atom stereocenters. The second-order valence-corrected chi connectivity index (χ2v) is 8.61. The molecule has 0 N–H and O–H groups in total. The Kier molecular flexibility index (Phi) is 4.93. The normalized spacial score (nSPS) is 18.7. The highest BCUT2D eigenvalue weighted by Crippen LogP contribution is 2.35. The van der Waals surface area contributed by atoms with Crippen molar-refractivity contribution in [2.24, 2.45) is 0 Å². The van der Waals surface area contributed by atoms with Gasteiger partial charge >= 0.3 is 0 Å². The van der Waals surface area contributed by atoms with Crippen molar-refractivity contribution in [3.63, 3.8) is 0 Å². The third-order valence-corrected chi connectivity index (χ3v) is 6.81. The Morgan fingerprint density at radius 3 is 2.62 bits per heavy atom. The van der Waals surface area contributed by atoms with E-state index in [1.165, 1.54) is 4.90 Å². The van der Waals surface area contributed by atoms with Crippen molar-refractivity contribution in [2.45, 2.75) is 17.9 Å². The summed E-state index contributed by atoms with van der Waals surface area (Å²) in [4.78, 5) is 25.5. The topological polar surface area (TPSA) is 52.8 Å². The van der Waals surface area contributed by atoms with Gasteiger partial charge in [0.2, 0.25) is 5.91 Å². The predicted molar refractivity (Wildman–Crippen MR) is 117 cm³/mol. The average Bonchev–Trinajstić information content (AvgIpc) is 3.22. The first-order valence-electron chi connectivity index (χ1n) is 10.1. The molecule has 1 fully saturated rings. The van der Waals surface area contributed by atoms with Crippen molar-refractivity contribution in [3.8, 4) is 0 Å².